The Labute approximate surface area is 233 Å². The number of hydrogen-bond acceptors (Lipinski definition) is 9. The number of nitrogens with zero attached hydrogens (tertiary/aromatic N) is 8. The van der Waals surface area contributed by atoms with Crippen molar-refractivity contribution in [3.63, 3.8) is 0 Å². The largest absolute Gasteiger partial charge is 0.369 e. The van der Waals surface area contributed by atoms with Crippen molar-refractivity contribution in [2.24, 2.45) is 0 Å². The third-order valence-electron chi connectivity index (χ3n) is 7.35. The predicted octanol–water partition coefficient (Wildman–Crippen LogP) is 3.04. The third kappa shape index (κ3) is 4.39. The molecule has 1 saturated heterocycles. The molecule has 204 valence electrons. The molecule has 0 radical (unpaired) electrons. The van der Waals surface area contributed by atoms with Crippen molar-refractivity contribution in [1.29, 1.82) is 0 Å². The molecule has 0 bridgehead atoms. The van der Waals surface area contributed by atoms with Crippen molar-refractivity contribution in [1.82, 2.24) is 34.0 Å². The zero-order valence-electron chi connectivity index (χ0n) is 22.2. The van der Waals surface area contributed by atoms with Crippen molar-refractivity contribution in [2.45, 2.75) is 0 Å². The number of rotatable bonds is 6. The molecule has 1 aliphatic heterocycles. The fourth-order valence-electron chi connectivity index (χ4n) is 5.20. The quantitative estimate of drug-likeness (QED) is 0.303. The summed E-state index contributed by atoms with van der Waals surface area (Å²) in [5.74, 6) is 0.866. The topological polar surface area (TPSA) is 126 Å². The molecule has 1 aliphatic rings. The Balaban J connectivity index is 1.30. The van der Waals surface area contributed by atoms with E-state index in [1.54, 1.807) is 35.1 Å². The molecule has 0 unspecified atom stereocenters. The number of likely N-dealkylation sites (N-methyl/N-ethyl adjacent to an activating group) is 1. The van der Waals surface area contributed by atoms with Gasteiger partial charge in [0.25, 0.3) is 5.56 Å². The number of amides is 1. The Bertz CT molecular complexity index is 1960. The van der Waals surface area contributed by atoms with Crippen LogP contribution in [0.1, 0.15) is 0 Å². The van der Waals surface area contributed by atoms with Crippen molar-refractivity contribution in [3.8, 4) is 5.82 Å². The number of anilines is 4. The molecule has 5 heterocycles. The number of aromatic nitrogens is 6. The highest BCUT2D eigenvalue weighted by atomic mass is 16.1. The number of hydrogen-bond donors (Lipinski definition) is 2. The molecule has 6 aromatic rings. The normalized spacial score (nSPS) is 14.1. The SMILES string of the molecule is CN1CCN(c2ccc(Nc3ncc4c(=O)n5c(nc4n3)c3ccc(NC=O)cc3n5-c3ccccn3)cc2)CC1. The molecule has 1 amide bonds. The second-order valence-corrected chi connectivity index (χ2v) is 9.94. The van der Waals surface area contributed by atoms with Crippen LogP contribution >= 0.6 is 0 Å². The first kappa shape index (κ1) is 24.7. The van der Waals surface area contributed by atoms with Gasteiger partial charge in [-0.05, 0) is 61.6 Å². The summed E-state index contributed by atoms with van der Waals surface area (Å²) in [5.41, 5.74) is 3.61. The molecular weight excluding hydrogens is 520 g/mol. The van der Waals surface area contributed by atoms with Crippen LogP contribution in [0, 0.1) is 0 Å². The Morgan fingerprint density at radius 3 is 2.44 bits per heavy atom. The number of benzene rings is 2. The highest BCUT2D eigenvalue weighted by Gasteiger charge is 2.20. The van der Waals surface area contributed by atoms with E-state index in [1.807, 2.05) is 24.3 Å². The van der Waals surface area contributed by atoms with Crippen molar-refractivity contribution < 1.29 is 4.79 Å². The first-order chi connectivity index (χ1) is 20.1. The van der Waals surface area contributed by atoms with Crippen LogP contribution in [0.3, 0.4) is 0 Å². The molecule has 4 aromatic heterocycles. The Hall–Kier alpha value is -5.36. The molecule has 2 N–H and O–H groups in total. The molecule has 0 aliphatic carbocycles. The minimum atomic E-state index is -0.333. The van der Waals surface area contributed by atoms with Crippen LogP contribution in [0.25, 0.3) is 33.4 Å². The van der Waals surface area contributed by atoms with Crippen molar-refractivity contribution in [3.05, 3.63) is 83.4 Å². The summed E-state index contributed by atoms with van der Waals surface area (Å²) in [4.78, 5) is 47.9. The Morgan fingerprint density at radius 2 is 1.68 bits per heavy atom. The molecule has 2 aromatic carbocycles. The smallest absolute Gasteiger partial charge is 0.284 e. The summed E-state index contributed by atoms with van der Waals surface area (Å²) in [6.07, 6.45) is 3.75. The lowest BCUT2D eigenvalue weighted by Crippen LogP contribution is -2.44. The Kier molecular flexibility index (Phi) is 6.01. The van der Waals surface area contributed by atoms with Gasteiger partial charge in [0.05, 0.1) is 5.52 Å². The standard InChI is InChI=1S/C29H26N10O2/c1-36-12-14-37(15-13-36)21-8-5-19(6-9-21)33-29-31-17-23-26(35-29)34-27-22-10-7-20(32-18-40)16-24(22)38(39(27)28(23)41)25-4-2-3-11-30-25/h2-11,16-18H,12-15H2,1H3,(H,32,40)(H,31,33,35). The van der Waals surface area contributed by atoms with Gasteiger partial charge < -0.3 is 20.4 Å². The zero-order valence-corrected chi connectivity index (χ0v) is 22.2. The van der Waals surface area contributed by atoms with Crippen LogP contribution in [0.4, 0.5) is 23.0 Å². The summed E-state index contributed by atoms with van der Waals surface area (Å²) in [7, 11) is 2.14. The molecule has 12 nitrogen and oxygen atoms in total. The molecule has 12 heteroatoms. The Morgan fingerprint density at radius 1 is 0.878 bits per heavy atom. The minimum Gasteiger partial charge on any atom is -0.369 e. The van der Waals surface area contributed by atoms with Gasteiger partial charge in [-0.15, -0.1) is 0 Å². The number of piperazine rings is 1. The lowest BCUT2D eigenvalue weighted by Gasteiger charge is -2.34. The highest BCUT2D eigenvalue weighted by molar-refractivity contribution is 5.97. The van der Waals surface area contributed by atoms with Crippen LogP contribution < -0.4 is 21.1 Å². The van der Waals surface area contributed by atoms with Crippen molar-refractivity contribution in [2.75, 3.05) is 48.8 Å². The van der Waals surface area contributed by atoms with Crippen LogP contribution in [-0.2, 0) is 4.79 Å². The number of pyridine rings is 1. The molecule has 1 fully saturated rings. The second-order valence-electron chi connectivity index (χ2n) is 9.94. The van der Waals surface area contributed by atoms with E-state index in [-0.39, 0.29) is 16.6 Å². The van der Waals surface area contributed by atoms with Crippen LogP contribution in [-0.4, -0.2) is 73.7 Å². The number of nitrogens with one attached hydrogen (secondary N) is 2. The molecule has 41 heavy (non-hydrogen) atoms. The van der Waals surface area contributed by atoms with E-state index in [9.17, 15) is 9.59 Å². The molecule has 7 rings (SSSR count). The molecule has 0 saturated carbocycles. The second kappa shape index (κ2) is 9.99. The fraction of sp³-hybridized carbons (Fsp3) is 0.172. The fourth-order valence-corrected chi connectivity index (χ4v) is 5.20. The lowest BCUT2D eigenvalue weighted by molar-refractivity contribution is -0.105. The summed E-state index contributed by atoms with van der Waals surface area (Å²) in [6, 6.07) is 19.0. The van der Waals surface area contributed by atoms with Gasteiger partial charge in [0, 0.05) is 61.0 Å². The van der Waals surface area contributed by atoms with Crippen molar-refractivity contribution >= 4 is 57.0 Å². The van der Waals surface area contributed by atoms with Crippen LogP contribution in [0.2, 0.25) is 0 Å². The molecular formula is C29H26N10O2. The van der Waals surface area contributed by atoms with Gasteiger partial charge in [0.2, 0.25) is 12.4 Å². The average Bonchev–Trinajstić information content (AvgIpc) is 3.32. The van der Waals surface area contributed by atoms with Gasteiger partial charge in [-0.2, -0.15) is 9.50 Å². The van der Waals surface area contributed by atoms with Gasteiger partial charge in [-0.25, -0.2) is 19.6 Å². The van der Waals surface area contributed by atoms with Gasteiger partial charge in [-0.1, -0.05) is 6.07 Å². The first-order valence-electron chi connectivity index (χ1n) is 13.3. The maximum absolute atomic E-state index is 13.8. The van der Waals surface area contributed by atoms with E-state index in [4.69, 9.17) is 4.98 Å². The van der Waals surface area contributed by atoms with E-state index in [0.717, 1.165) is 31.9 Å². The highest BCUT2D eigenvalue weighted by Crippen LogP contribution is 2.27. The zero-order chi connectivity index (χ0) is 27.9. The first-order valence-corrected chi connectivity index (χ1v) is 13.3. The van der Waals surface area contributed by atoms with E-state index < -0.39 is 0 Å². The lowest BCUT2D eigenvalue weighted by atomic mass is 10.2. The monoisotopic (exact) mass is 546 g/mol. The van der Waals surface area contributed by atoms with E-state index in [1.165, 1.54) is 16.4 Å². The maximum atomic E-state index is 13.8. The summed E-state index contributed by atoms with van der Waals surface area (Å²) < 4.78 is 3.15. The molecule has 0 spiro atoms. The van der Waals surface area contributed by atoms with Crippen LogP contribution in [0.15, 0.2) is 77.9 Å². The van der Waals surface area contributed by atoms with Gasteiger partial charge in [-0.3, -0.25) is 9.59 Å². The molecule has 0 atom stereocenters. The van der Waals surface area contributed by atoms with Gasteiger partial charge in [0.15, 0.2) is 17.1 Å². The predicted molar refractivity (Wildman–Crippen MR) is 158 cm³/mol. The number of fused-ring (bicyclic) bond motifs is 4. The van der Waals surface area contributed by atoms with Crippen LogP contribution in [0.5, 0.6) is 0 Å². The number of carbonyl (C=O) groups is 1. The average molecular weight is 547 g/mol. The summed E-state index contributed by atoms with van der Waals surface area (Å²) in [5, 5.41) is 6.88. The van der Waals surface area contributed by atoms with E-state index in [0.29, 0.717) is 40.4 Å². The maximum Gasteiger partial charge on any atom is 0.284 e. The third-order valence-corrected chi connectivity index (χ3v) is 7.35. The summed E-state index contributed by atoms with van der Waals surface area (Å²) in [6.45, 7) is 4.09. The van der Waals surface area contributed by atoms with E-state index in [2.05, 4.69) is 54.6 Å². The number of carbonyl (C=O) groups excluding carboxylic acids is 1. The minimum absolute atomic E-state index is 0.268. The van der Waals surface area contributed by atoms with Gasteiger partial charge in [0.1, 0.15) is 5.39 Å². The van der Waals surface area contributed by atoms with Gasteiger partial charge >= 0.3 is 0 Å². The van der Waals surface area contributed by atoms with E-state index >= 15 is 0 Å². The summed E-state index contributed by atoms with van der Waals surface area (Å²) >= 11 is 0.